The lowest BCUT2D eigenvalue weighted by molar-refractivity contribution is 0.153. The van der Waals surface area contributed by atoms with Crippen molar-refractivity contribution < 1.29 is 5.11 Å². The van der Waals surface area contributed by atoms with Gasteiger partial charge in [-0.2, -0.15) is 5.10 Å². The second-order valence-corrected chi connectivity index (χ2v) is 5.34. The second kappa shape index (κ2) is 5.69. The summed E-state index contributed by atoms with van der Waals surface area (Å²) in [7, 11) is 0. The molecule has 2 aromatic heterocycles. The number of aromatic nitrogens is 4. The van der Waals surface area contributed by atoms with Crippen LogP contribution in [0.25, 0.3) is 11.0 Å². The molecule has 1 atom stereocenters. The van der Waals surface area contributed by atoms with Gasteiger partial charge in [0.2, 0.25) is 0 Å². The third kappa shape index (κ3) is 2.83. The number of aliphatic hydroxyl groups is 1. The molecule has 2 heterocycles. The van der Waals surface area contributed by atoms with Gasteiger partial charge >= 0.3 is 0 Å². The highest BCUT2D eigenvalue weighted by Crippen LogP contribution is 2.14. The minimum absolute atomic E-state index is 0.455. The lowest BCUT2D eigenvalue weighted by Crippen LogP contribution is -2.20. The quantitative estimate of drug-likeness (QED) is 0.781. The molecule has 0 aliphatic carbocycles. The van der Waals surface area contributed by atoms with Gasteiger partial charge in [-0.3, -0.25) is 4.68 Å². The van der Waals surface area contributed by atoms with Crippen molar-refractivity contribution in [1.82, 2.24) is 19.3 Å². The van der Waals surface area contributed by atoms with Crippen LogP contribution in [0.1, 0.15) is 18.3 Å². The summed E-state index contributed by atoms with van der Waals surface area (Å²) in [5, 5.41) is 14.8. The Bertz CT molecular complexity index is 744. The fourth-order valence-corrected chi connectivity index (χ4v) is 2.73. The van der Waals surface area contributed by atoms with Crippen molar-refractivity contribution in [3.63, 3.8) is 0 Å². The van der Waals surface area contributed by atoms with Crippen molar-refractivity contribution in [3.8, 4) is 0 Å². The molecule has 3 aromatic rings. The van der Waals surface area contributed by atoms with Crippen molar-refractivity contribution >= 4 is 11.0 Å². The monoisotopic (exact) mass is 284 g/mol. The fourth-order valence-electron chi connectivity index (χ4n) is 2.73. The first kappa shape index (κ1) is 13.8. The van der Waals surface area contributed by atoms with Crippen molar-refractivity contribution in [3.05, 3.63) is 48.0 Å². The van der Waals surface area contributed by atoms with Crippen LogP contribution in [0.15, 0.2) is 36.7 Å². The molecule has 0 aliphatic rings. The summed E-state index contributed by atoms with van der Waals surface area (Å²) in [6, 6.07) is 10.0. The third-order valence-corrected chi connectivity index (χ3v) is 3.66. The van der Waals surface area contributed by atoms with Crippen LogP contribution in [0.2, 0.25) is 0 Å². The zero-order valence-electron chi connectivity index (χ0n) is 12.4. The van der Waals surface area contributed by atoms with Gasteiger partial charge in [-0.25, -0.2) is 4.98 Å². The summed E-state index contributed by atoms with van der Waals surface area (Å²) >= 11 is 0. The van der Waals surface area contributed by atoms with E-state index < -0.39 is 6.10 Å². The number of para-hydroxylation sites is 2. The van der Waals surface area contributed by atoms with E-state index in [1.165, 1.54) is 0 Å². The smallest absolute Gasteiger partial charge is 0.0959 e. The van der Waals surface area contributed by atoms with Crippen LogP contribution in [0.5, 0.6) is 0 Å². The summed E-state index contributed by atoms with van der Waals surface area (Å²) < 4.78 is 3.95. The van der Waals surface area contributed by atoms with E-state index in [2.05, 4.69) is 17.0 Å². The van der Waals surface area contributed by atoms with E-state index in [1.54, 1.807) is 6.33 Å². The molecule has 0 radical (unpaired) electrons. The largest absolute Gasteiger partial charge is 0.391 e. The first-order valence-corrected chi connectivity index (χ1v) is 7.28. The van der Waals surface area contributed by atoms with Gasteiger partial charge in [0.15, 0.2) is 0 Å². The second-order valence-electron chi connectivity index (χ2n) is 5.34. The molecule has 0 aliphatic heterocycles. The van der Waals surface area contributed by atoms with Crippen molar-refractivity contribution in [1.29, 1.82) is 0 Å². The Balaban J connectivity index is 1.75. The highest BCUT2D eigenvalue weighted by atomic mass is 16.3. The summed E-state index contributed by atoms with van der Waals surface area (Å²) in [6.07, 6.45) is 1.93. The summed E-state index contributed by atoms with van der Waals surface area (Å²) in [6.45, 7) is 5.40. The van der Waals surface area contributed by atoms with Gasteiger partial charge in [-0.1, -0.05) is 12.1 Å². The van der Waals surface area contributed by atoms with Gasteiger partial charge in [-0.15, -0.1) is 0 Å². The standard InChI is InChI=1S/C16H20N4O/c1-3-20-13(8-12(2)18-20)9-14(21)10-19-11-17-15-6-4-5-7-16(15)19/h4-8,11,14,21H,3,9-10H2,1-2H3. The minimum atomic E-state index is -0.455. The number of hydrogen-bond donors (Lipinski definition) is 1. The molecule has 21 heavy (non-hydrogen) atoms. The van der Waals surface area contributed by atoms with Crippen LogP contribution in [-0.4, -0.2) is 30.5 Å². The number of aryl methyl sites for hydroxylation is 2. The summed E-state index contributed by atoms with van der Waals surface area (Å²) in [5.74, 6) is 0. The van der Waals surface area contributed by atoms with E-state index in [0.29, 0.717) is 13.0 Å². The summed E-state index contributed by atoms with van der Waals surface area (Å²) in [4.78, 5) is 4.35. The Morgan fingerprint density at radius 1 is 1.29 bits per heavy atom. The minimum Gasteiger partial charge on any atom is -0.391 e. The lowest BCUT2D eigenvalue weighted by atomic mass is 10.2. The van der Waals surface area contributed by atoms with Crippen LogP contribution < -0.4 is 0 Å². The molecule has 1 unspecified atom stereocenters. The summed E-state index contributed by atoms with van der Waals surface area (Å²) in [5.41, 5.74) is 4.08. The number of rotatable bonds is 5. The zero-order valence-corrected chi connectivity index (χ0v) is 12.4. The Hall–Kier alpha value is -2.14. The van der Waals surface area contributed by atoms with E-state index in [4.69, 9.17) is 0 Å². The maximum atomic E-state index is 10.4. The lowest BCUT2D eigenvalue weighted by Gasteiger charge is -2.13. The van der Waals surface area contributed by atoms with Crippen molar-refractivity contribution in [2.45, 2.75) is 39.5 Å². The number of nitrogens with zero attached hydrogens (tertiary/aromatic N) is 4. The molecule has 0 saturated carbocycles. The molecule has 0 bridgehead atoms. The molecule has 1 N–H and O–H groups in total. The van der Waals surface area contributed by atoms with Crippen molar-refractivity contribution in [2.75, 3.05) is 0 Å². The number of benzene rings is 1. The molecule has 0 amide bonds. The van der Waals surface area contributed by atoms with E-state index >= 15 is 0 Å². The molecule has 5 heteroatoms. The molecular weight excluding hydrogens is 264 g/mol. The van der Waals surface area contributed by atoms with E-state index in [9.17, 15) is 5.11 Å². The first-order chi connectivity index (χ1) is 10.2. The van der Waals surface area contributed by atoms with Gasteiger partial charge in [-0.05, 0) is 32.0 Å². The molecule has 110 valence electrons. The number of fused-ring (bicyclic) bond motifs is 1. The van der Waals surface area contributed by atoms with Crippen LogP contribution in [0.4, 0.5) is 0 Å². The fraction of sp³-hybridized carbons (Fsp3) is 0.375. The molecule has 0 spiro atoms. The highest BCUT2D eigenvalue weighted by Gasteiger charge is 2.12. The van der Waals surface area contributed by atoms with E-state index in [1.807, 2.05) is 46.5 Å². The Labute approximate surface area is 123 Å². The van der Waals surface area contributed by atoms with E-state index in [0.717, 1.165) is 29.0 Å². The maximum absolute atomic E-state index is 10.4. The predicted molar refractivity (Wildman–Crippen MR) is 82.1 cm³/mol. The van der Waals surface area contributed by atoms with Gasteiger partial charge in [0.25, 0.3) is 0 Å². The van der Waals surface area contributed by atoms with Crippen LogP contribution in [0, 0.1) is 6.92 Å². The molecular formula is C16H20N4O. The SMILES string of the molecule is CCn1nc(C)cc1CC(O)Cn1cnc2ccccc21. The predicted octanol–water partition coefficient (Wildman–Crippen LogP) is 2.16. The van der Waals surface area contributed by atoms with Crippen LogP contribution >= 0.6 is 0 Å². The topological polar surface area (TPSA) is 55.9 Å². The molecule has 0 saturated heterocycles. The Morgan fingerprint density at radius 2 is 2.10 bits per heavy atom. The number of imidazole rings is 1. The first-order valence-electron chi connectivity index (χ1n) is 7.28. The normalized spacial score (nSPS) is 12.9. The Morgan fingerprint density at radius 3 is 2.90 bits per heavy atom. The molecule has 0 fully saturated rings. The van der Waals surface area contributed by atoms with Gasteiger partial charge in [0.05, 0.1) is 35.7 Å². The van der Waals surface area contributed by atoms with Crippen LogP contribution in [-0.2, 0) is 19.5 Å². The number of hydrogen-bond acceptors (Lipinski definition) is 3. The average molecular weight is 284 g/mol. The average Bonchev–Trinajstić information content (AvgIpc) is 3.03. The third-order valence-electron chi connectivity index (χ3n) is 3.66. The van der Waals surface area contributed by atoms with Crippen molar-refractivity contribution in [2.24, 2.45) is 0 Å². The maximum Gasteiger partial charge on any atom is 0.0959 e. The molecule has 3 rings (SSSR count). The van der Waals surface area contributed by atoms with Gasteiger partial charge in [0, 0.05) is 18.7 Å². The zero-order chi connectivity index (χ0) is 14.8. The molecule has 1 aromatic carbocycles. The molecule has 5 nitrogen and oxygen atoms in total. The van der Waals surface area contributed by atoms with Gasteiger partial charge in [0.1, 0.15) is 0 Å². The van der Waals surface area contributed by atoms with Crippen LogP contribution in [0.3, 0.4) is 0 Å². The highest BCUT2D eigenvalue weighted by molar-refractivity contribution is 5.74. The van der Waals surface area contributed by atoms with E-state index in [-0.39, 0.29) is 0 Å². The van der Waals surface area contributed by atoms with Gasteiger partial charge < -0.3 is 9.67 Å². The number of aliphatic hydroxyl groups excluding tert-OH is 1. The Kier molecular flexibility index (Phi) is 3.75.